The molecule has 0 saturated carbocycles. The molecule has 1 N–H and O–H groups in total. The highest BCUT2D eigenvalue weighted by atomic mass is 32.1. The van der Waals surface area contributed by atoms with Crippen LogP contribution in [0.2, 0.25) is 0 Å². The third kappa shape index (κ3) is 3.07. The van der Waals surface area contributed by atoms with Crippen molar-refractivity contribution < 1.29 is 4.79 Å². The van der Waals surface area contributed by atoms with Crippen LogP contribution >= 0.6 is 11.3 Å². The van der Waals surface area contributed by atoms with Gasteiger partial charge in [0.15, 0.2) is 0 Å². The van der Waals surface area contributed by atoms with Crippen LogP contribution in [0.15, 0.2) is 17.5 Å². The fraction of sp³-hybridized carbons (Fsp3) is 0.615. The monoisotopic (exact) mass is 252 g/mol. The molecule has 1 aromatic heterocycles. The van der Waals surface area contributed by atoms with Crippen LogP contribution in [0, 0.1) is 0 Å². The molecule has 2 heterocycles. The van der Waals surface area contributed by atoms with E-state index in [0.29, 0.717) is 24.4 Å². The summed E-state index contributed by atoms with van der Waals surface area (Å²) >= 11 is 1.73. The lowest BCUT2D eigenvalue weighted by atomic mass is 10.1. The summed E-state index contributed by atoms with van der Waals surface area (Å²) in [7, 11) is 0. The highest BCUT2D eigenvalue weighted by Gasteiger charge is 2.27. The predicted octanol–water partition coefficient (Wildman–Crippen LogP) is 1.89. The average Bonchev–Trinajstić information content (AvgIpc) is 2.82. The van der Waals surface area contributed by atoms with E-state index in [1.807, 2.05) is 11.0 Å². The molecule has 0 radical (unpaired) electrons. The summed E-state index contributed by atoms with van der Waals surface area (Å²) in [6, 6.07) is 4.84. The molecule has 0 aliphatic carbocycles. The molecule has 1 aliphatic heterocycles. The Balaban J connectivity index is 1.86. The normalized spacial score (nSPS) is 24.9. The van der Waals surface area contributed by atoms with Gasteiger partial charge in [0.25, 0.3) is 0 Å². The maximum atomic E-state index is 12.2. The molecule has 17 heavy (non-hydrogen) atoms. The van der Waals surface area contributed by atoms with Crippen molar-refractivity contribution in [2.24, 2.45) is 0 Å². The van der Waals surface area contributed by atoms with Crippen molar-refractivity contribution in [1.82, 2.24) is 10.2 Å². The Morgan fingerprint density at radius 3 is 3.12 bits per heavy atom. The number of piperazine rings is 1. The lowest BCUT2D eigenvalue weighted by Gasteiger charge is -2.38. The number of carbonyl (C=O) groups excluding carboxylic acids is 1. The molecule has 94 valence electrons. The lowest BCUT2D eigenvalue weighted by molar-refractivity contribution is -0.134. The van der Waals surface area contributed by atoms with Gasteiger partial charge in [0.05, 0.1) is 0 Å². The molecule has 0 bridgehead atoms. The Kier molecular flexibility index (Phi) is 4.18. The molecular formula is C13H20N2OS. The van der Waals surface area contributed by atoms with Crippen LogP contribution < -0.4 is 5.32 Å². The minimum atomic E-state index is 0.291. The molecule has 1 aliphatic rings. The molecule has 3 nitrogen and oxygen atoms in total. The third-order valence-electron chi connectivity index (χ3n) is 3.52. The molecule has 0 aromatic carbocycles. The van der Waals surface area contributed by atoms with Crippen molar-refractivity contribution in [1.29, 1.82) is 0 Å². The van der Waals surface area contributed by atoms with Crippen LogP contribution in [0.5, 0.6) is 0 Å². The van der Waals surface area contributed by atoms with Gasteiger partial charge in [-0.25, -0.2) is 0 Å². The second-order valence-corrected chi connectivity index (χ2v) is 5.68. The Morgan fingerprint density at radius 1 is 1.59 bits per heavy atom. The zero-order valence-corrected chi connectivity index (χ0v) is 11.3. The number of hydrogen-bond donors (Lipinski definition) is 1. The van der Waals surface area contributed by atoms with Gasteiger partial charge in [0.2, 0.25) is 5.91 Å². The summed E-state index contributed by atoms with van der Waals surface area (Å²) in [6.07, 6.45) is 1.51. The molecule has 0 spiro atoms. The summed E-state index contributed by atoms with van der Waals surface area (Å²) in [4.78, 5) is 15.5. The van der Waals surface area contributed by atoms with Gasteiger partial charge in [0, 0.05) is 36.5 Å². The van der Waals surface area contributed by atoms with E-state index in [0.717, 1.165) is 19.5 Å². The molecule has 2 unspecified atom stereocenters. The quantitative estimate of drug-likeness (QED) is 0.891. The molecule has 2 atom stereocenters. The number of thiophene rings is 1. The molecule has 1 amide bonds. The van der Waals surface area contributed by atoms with E-state index in [-0.39, 0.29) is 0 Å². The summed E-state index contributed by atoms with van der Waals surface area (Å²) < 4.78 is 0. The first-order valence-electron chi connectivity index (χ1n) is 6.23. The number of nitrogens with zero attached hydrogens (tertiary/aromatic N) is 1. The van der Waals surface area contributed by atoms with Crippen molar-refractivity contribution >= 4 is 17.2 Å². The molecule has 4 heteroatoms. The number of nitrogens with one attached hydrogen (secondary N) is 1. The largest absolute Gasteiger partial charge is 0.337 e. The lowest BCUT2D eigenvalue weighted by Crippen LogP contribution is -2.57. The van der Waals surface area contributed by atoms with E-state index in [2.05, 4.69) is 30.6 Å². The first kappa shape index (κ1) is 12.6. The zero-order valence-electron chi connectivity index (χ0n) is 10.5. The summed E-state index contributed by atoms with van der Waals surface area (Å²) in [5.41, 5.74) is 0. The topological polar surface area (TPSA) is 32.3 Å². The van der Waals surface area contributed by atoms with E-state index in [9.17, 15) is 4.79 Å². The Labute approximate surface area is 107 Å². The molecule has 1 aromatic rings. The van der Waals surface area contributed by atoms with E-state index in [4.69, 9.17) is 0 Å². The van der Waals surface area contributed by atoms with Crippen molar-refractivity contribution in [3.05, 3.63) is 22.4 Å². The van der Waals surface area contributed by atoms with E-state index in [1.54, 1.807) is 11.3 Å². The summed E-state index contributed by atoms with van der Waals surface area (Å²) in [5, 5.41) is 5.46. The highest BCUT2D eigenvalue weighted by molar-refractivity contribution is 7.09. The van der Waals surface area contributed by atoms with Crippen molar-refractivity contribution in [3.8, 4) is 0 Å². The number of amides is 1. The van der Waals surface area contributed by atoms with E-state index < -0.39 is 0 Å². The van der Waals surface area contributed by atoms with Crippen molar-refractivity contribution in [3.63, 3.8) is 0 Å². The van der Waals surface area contributed by atoms with Crippen molar-refractivity contribution in [2.75, 3.05) is 13.1 Å². The minimum absolute atomic E-state index is 0.291. The first-order valence-corrected chi connectivity index (χ1v) is 7.11. The third-order valence-corrected chi connectivity index (χ3v) is 4.46. The van der Waals surface area contributed by atoms with Gasteiger partial charge >= 0.3 is 0 Å². The SMILES string of the molecule is CC1NCCN(C(=O)CCc2cccs2)C1C. The Morgan fingerprint density at radius 2 is 2.41 bits per heavy atom. The van der Waals surface area contributed by atoms with E-state index in [1.165, 1.54) is 4.88 Å². The first-order chi connectivity index (χ1) is 8.18. The van der Waals surface area contributed by atoms with Gasteiger partial charge in [-0.05, 0) is 31.7 Å². The van der Waals surface area contributed by atoms with Gasteiger partial charge in [-0.1, -0.05) is 6.07 Å². The minimum Gasteiger partial charge on any atom is -0.337 e. The highest BCUT2D eigenvalue weighted by Crippen LogP contribution is 2.14. The fourth-order valence-electron chi connectivity index (χ4n) is 2.24. The second kappa shape index (κ2) is 5.65. The van der Waals surface area contributed by atoms with E-state index >= 15 is 0 Å². The van der Waals surface area contributed by atoms with Crippen LogP contribution in [0.1, 0.15) is 25.1 Å². The number of hydrogen-bond acceptors (Lipinski definition) is 3. The summed E-state index contributed by atoms with van der Waals surface area (Å²) in [6.45, 7) is 6.02. The molecular weight excluding hydrogens is 232 g/mol. The second-order valence-electron chi connectivity index (χ2n) is 4.65. The smallest absolute Gasteiger partial charge is 0.223 e. The number of carbonyl (C=O) groups is 1. The maximum Gasteiger partial charge on any atom is 0.223 e. The Hall–Kier alpha value is -0.870. The molecule has 2 rings (SSSR count). The van der Waals surface area contributed by atoms with Crippen molar-refractivity contribution in [2.45, 2.75) is 38.8 Å². The van der Waals surface area contributed by atoms with Crippen LogP contribution in [-0.4, -0.2) is 36.0 Å². The van der Waals surface area contributed by atoms with Crippen LogP contribution in [0.25, 0.3) is 0 Å². The van der Waals surface area contributed by atoms with Crippen LogP contribution in [-0.2, 0) is 11.2 Å². The molecule has 1 fully saturated rings. The average molecular weight is 252 g/mol. The standard InChI is InChI=1S/C13H20N2OS/c1-10-11(2)15(8-7-14-10)13(16)6-5-12-4-3-9-17-12/h3-4,9-11,14H,5-8H2,1-2H3. The molecule has 1 saturated heterocycles. The maximum absolute atomic E-state index is 12.2. The van der Waals surface area contributed by atoms with Gasteiger partial charge in [-0.2, -0.15) is 0 Å². The van der Waals surface area contributed by atoms with Gasteiger partial charge in [-0.3, -0.25) is 4.79 Å². The Bertz CT molecular complexity index is 364. The summed E-state index contributed by atoms with van der Waals surface area (Å²) in [5.74, 6) is 0.291. The fourth-order valence-corrected chi connectivity index (χ4v) is 2.95. The number of aryl methyl sites for hydroxylation is 1. The van der Waals surface area contributed by atoms with Crippen LogP contribution in [0.3, 0.4) is 0 Å². The number of rotatable bonds is 3. The van der Waals surface area contributed by atoms with Gasteiger partial charge in [-0.15, -0.1) is 11.3 Å². The predicted molar refractivity (Wildman–Crippen MR) is 71.3 cm³/mol. The van der Waals surface area contributed by atoms with Gasteiger partial charge < -0.3 is 10.2 Å². The van der Waals surface area contributed by atoms with Gasteiger partial charge in [0.1, 0.15) is 0 Å². The zero-order chi connectivity index (χ0) is 12.3. The van der Waals surface area contributed by atoms with Crippen LogP contribution in [0.4, 0.5) is 0 Å².